The van der Waals surface area contributed by atoms with Gasteiger partial charge in [-0.05, 0) is 32.7 Å². The smallest absolute Gasteiger partial charge is 0.323 e. The van der Waals surface area contributed by atoms with Gasteiger partial charge in [-0.25, -0.2) is 4.98 Å². The molecule has 0 radical (unpaired) electrons. The number of carboxylic acids is 1. The Morgan fingerprint density at radius 2 is 2.44 bits per heavy atom. The minimum Gasteiger partial charge on any atom is -0.480 e. The fourth-order valence-corrected chi connectivity index (χ4v) is 2.26. The van der Waals surface area contributed by atoms with E-state index in [1.165, 1.54) is 18.0 Å². The van der Waals surface area contributed by atoms with Crippen LogP contribution in [0.5, 0.6) is 0 Å². The molecule has 18 heavy (non-hydrogen) atoms. The SMILES string of the molecule is CCCNC(C)(CCCSc1ncco1)C(=O)O. The Balaban J connectivity index is 2.31. The second-order valence-electron chi connectivity index (χ2n) is 4.31. The molecule has 0 fully saturated rings. The highest BCUT2D eigenvalue weighted by atomic mass is 32.2. The van der Waals surface area contributed by atoms with Crippen LogP contribution in [0.1, 0.15) is 33.1 Å². The molecule has 5 nitrogen and oxygen atoms in total. The average molecular weight is 272 g/mol. The van der Waals surface area contributed by atoms with E-state index in [0.29, 0.717) is 11.6 Å². The normalized spacial score (nSPS) is 14.3. The zero-order chi connectivity index (χ0) is 13.4. The predicted octanol–water partition coefficient (Wildman–Crippen LogP) is 2.39. The summed E-state index contributed by atoms with van der Waals surface area (Å²) in [7, 11) is 0. The highest BCUT2D eigenvalue weighted by molar-refractivity contribution is 7.99. The monoisotopic (exact) mass is 272 g/mol. The maximum atomic E-state index is 11.2. The van der Waals surface area contributed by atoms with Crippen LogP contribution >= 0.6 is 11.8 Å². The predicted molar refractivity (Wildman–Crippen MR) is 70.8 cm³/mol. The third-order valence-electron chi connectivity index (χ3n) is 2.69. The molecule has 1 atom stereocenters. The molecule has 102 valence electrons. The van der Waals surface area contributed by atoms with Crippen molar-refractivity contribution in [3.05, 3.63) is 12.5 Å². The van der Waals surface area contributed by atoms with E-state index < -0.39 is 11.5 Å². The zero-order valence-corrected chi connectivity index (χ0v) is 11.6. The molecule has 1 aromatic heterocycles. The third-order valence-corrected chi connectivity index (χ3v) is 3.63. The summed E-state index contributed by atoms with van der Waals surface area (Å²) in [5, 5.41) is 13.0. The van der Waals surface area contributed by atoms with Gasteiger partial charge in [0.2, 0.25) is 0 Å². The Labute approximate surface area is 111 Å². The summed E-state index contributed by atoms with van der Waals surface area (Å²) >= 11 is 1.50. The van der Waals surface area contributed by atoms with Crippen molar-refractivity contribution < 1.29 is 14.3 Å². The molecule has 0 aliphatic heterocycles. The molecule has 0 bridgehead atoms. The van der Waals surface area contributed by atoms with Crippen LogP contribution in [0.15, 0.2) is 22.1 Å². The molecular formula is C12H20N2O3S. The van der Waals surface area contributed by atoms with Crippen LogP contribution in [-0.2, 0) is 4.79 Å². The Bertz CT molecular complexity index is 356. The van der Waals surface area contributed by atoms with Crippen molar-refractivity contribution in [3.8, 4) is 0 Å². The topological polar surface area (TPSA) is 75.4 Å². The minimum atomic E-state index is -0.840. The number of rotatable bonds is 9. The lowest BCUT2D eigenvalue weighted by molar-refractivity contribution is -0.144. The lowest BCUT2D eigenvalue weighted by atomic mass is 9.96. The summed E-state index contributed by atoms with van der Waals surface area (Å²) in [6.45, 7) is 4.48. The summed E-state index contributed by atoms with van der Waals surface area (Å²) < 4.78 is 5.10. The van der Waals surface area contributed by atoms with Crippen molar-refractivity contribution in [2.45, 2.75) is 43.9 Å². The lowest BCUT2D eigenvalue weighted by Gasteiger charge is -2.26. The number of nitrogens with one attached hydrogen (secondary N) is 1. The molecule has 0 aliphatic rings. The van der Waals surface area contributed by atoms with Crippen molar-refractivity contribution in [2.24, 2.45) is 0 Å². The minimum absolute atomic E-state index is 0.593. The summed E-state index contributed by atoms with van der Waals surface area (Å²) in [5.41, 5.74) is -0.840. The number of aromatic nitrogens is 1. The molecule has 6 heteroatoms. The van der Waals surface area contributed by atoms with E-state index in [1.807, 2.05) is 6.92 Å². The molecule has 2 N–H and O–H groups in total. The Kier molecular flexibility index (Phi) is 6.21. The van der Waals surface area contributed by atoms with Crippen LogP contribution in [0.3, 0.4) is 0 Å². The number of hydrogen-bond donors (Lipinski definition) is 2. The molecule has 1 unspecified atom stereocenters. The van der Waals surface area contributed by atoms with Gasteiger partial charge in [0.05, 0.1) is 6.20 Å². The van der Waals surface area contributed by atoms with E-state index in [0.717, 1.165) is 25.1 Å². The van der Waals surface area contributed by atoms with E-state index in [9.17, 15) is 9.90 Å². The number of nitrogens with zero attached hydrogens (tertiary/aromatic N) is 1. The van der Waals surface area contributed by atoms with E-state index in [-0.39, 0.29) is 0 Å². The zero-order valence-electron chi connectivity index (χ0n) is 10.8. The number of carbonyl (C=O) groups is 1. The number of hydrogen-bond acceptors (Lipinski definition) is 5. The van der Waals surface area contributed by atoms with Crippen molar-refractivity contribution in [1.82, 2.24) is 10.3 Å². The van der Waals surface area contributed by atoms with Gasteiger partial charge in [-0.2, -0.15) is 0 Å². The van der Waals surface area contributed by atoms with Gasteiger partial charge in [-0.1, -0.05) is 18.7 Å². The molecule has 0 saturated carbocycles. The summed E-state index contributed by atoms with van der Waals surface area (Å²) in [6, 6.07) is 0. The first-order valence-corrected chi connectivity index (χ1v) is 7.08. The highest BCUT2D eigenvalue weighted by Crippen LogP contribution is 2.20. The number of aliphatic carboxylic acids is 1. The van der Waals surface area contributed by atoms with Crippen LogP contribution in [0, 0.1) is 0 Å². The van der Waals surface area contributed by atoms with Gasteiger partial charge in [0.15, 0.2) is 0 Å². The van der Waals surface area contributed by atoms with Gasteiger partial charge in [0.25, 0.3) is 5.22 Å². The maximum absolute atomic E-state index is 11.2. The molecule has 1 aromatic rings. The second kappa shape index (κ2) is 7.43. The molecule has 0 saturated heterocycles. The average Bonchev–Trinajstić information content (AvgIpc) is 2.85. The lowest BCUT2D eigenvalue weighted by Crippen LogP contribution is -2.49. The Morgan fingerprint density at radius 3 is 3.00 bits per heavy atom. The molecule has 0 amide bonds. The Hall–Kier alpha value is -1.01. The highest BCUT2D eigenvalue weighted by Gasteiger charge is 2.31. The van der Waals surface area contributed by atoms with E-state index in [1.54, 1.807) is 13.1 Å². The van der Waals surface area contributed by atoms with Crippen molar-refractivity contribution in [3.63, 3.8) is 0 Å². The maximum Gasteiger partial charge on any atom is 0.323 e. The summed E-state index contributed by atoms with van der Waals surface area (Å²) in [4.78, 5) is 15.2. The molecule has 1 heterocycles. The number of thioether (sulfide) groups is 1. The molecule has 0 spiro atoms. The standard InChI is InChI=1S/C12H20N2O3S/c1-3-6-14-12(2,10(15)16)5-4-9-18-11-13-7-8-17-11/h7-8,14H,3-6,9H2,1-2H3,(H,15,16). The Morgan fingerprint density at radius 1 is 1.67 bits per heavy atom. The van der Waals surface area contributed by atoms with Crippen LogP contribution in [0.2, 0.25) is 0 Å². The first-order chi connectivity index (χ1) is 8.58. The van der Waals surface area contributed by atoms with Crippen LogP contribution in [0.4, 0.5) is 0 Å². The summed E-state index contributed by atoms with van der Waals surface area (Å²) in [6.07, 6.45) is 5.45. The molecule has 0 aromatic carbocycles. The van der Waals surface area contributed by atoms with Gasteiger partial charge in [0.1, 0.15) is 11.8 Å². The largest absolute Gasteiger partial charge is 0.480 e. The number of carboxylic acid groups (broad SMARTS) is 1. The second-order valence-corrected chi connectivity index (χ2v) is 5.36. The van der Waals surface area contributed by atoms with E-state index in [4.69, 9.17) is 4.42 Å². The van der Waals surface area contributed by atoms with E-state index >= 15 is 0 Å². The first-order valence-electron chi connectivity index (χ1n) is 6.09. The number of oxazole rings is 1. The van der Waals surface area contributed by atoms with Gasteiger partial charge in [0, 0.05) is 5.75 Å². The van der Waals surface area contributed by atoms with Gasteiger partial charge in [-0.3, -0.25) is 4.79 Å². The summed E-state index contributed by atoms with van der Waals surface area (Å²) in [5.74, 6) is 0.00839. The fraction of sp³-hybridized carbons (Fsp3) is 0.667. The molecular weight excluding hydrogens is 252 g/mol. The van der Waals surface area contributed by atoms with Gasteiger partial charge in [-0.15, -0.1) is 0 Å². The third kappa shape index (κ3) is 4.70. The van der Waals surface area contributed by atoms with Gasteiger partial charge < -0.3 is 14.8 Å². The molecule has 1 rings (SSSR count). The van der Waals surface area contributed by atoms with Crippen LogP contribution in [-0.4, -0.2) is 33.9 Å². The van der Waals surface area contributed by atoms with Crippen LogP contribution in [0.25, 0.3) is 0 Å². The fourth-order valence-electron chi connectivity index (χ4n) is 1.54. The van der Waals surface area contributed by atoms with Crippen molar-refractivity contribution in [2.75, 3.05) is 12.3 Å². The molecule has 0 aliphatic carbocycles. The first kappa shape index (κ1) is 15.0. The van der Waals surface area contributed by atoms with E-state index in [2.05, 4.69) is 10.3 Å². The van der Waals surface area contributed by atoms with Crippen molar-refractivity contribution in [1.29, 1.82) is 0 Å². The van der Waals surface area contributed by atoms with Crippen LogP contribution < -0.4 is 5.32 Å². The van der Waals surface area contributed by atoms with Gasteiger partial charge >= 0.3 is 5.97 Å². The quantitative estimate of drug-likeness (QED) is 0.531. The van der Waals surface area contributed by atoms with Crippen molar-refractivity contribution >= 4 is 17.7 Å².